The van der Waals surface area contributed by atoms with E-state index in [1.807, 2.05) is 122 Å². The van der Waals surface area contributed by atoms with Crippen LogP contribution in [0, 0.1) is 13.9 Å². The lowest BCUT2D eigenvalue weighted by Gasteiger charge is -2.40. The molecule has 1 saturated carbocycles. The number of piperidine rings is 1. The first-order valence-corrected chi connectivity index (χ1v) is 41.0. The Hall–Kier alpha value is -13.0. The zero-order valence-electron chi connectivity index (χ0n) is 66.2. The first kappa shape index (κ1) is 84.9. The van der Waals surface area contributed by atoms with Crippen LogP contribution in [0.2, 0.25) is 0 Å². The molecule has 13 aromatic rings. The molecule has 0 bridgehead atoms. The van der Waals surface area contributed by atoms with E-state index < -0.39 is 41.7 Å². The fourth-order valence-electron chi connectivity index (χ4n) is 15.2. The summed E-state index contributed by atoms with van der Waals surface area (Å²) in [6.45, 7) is 18.6. The van der Waals surface area contributed by atoms with Crippen LogP contribution in [0.3, 0.4) is 0 Å². The van der Waals surface area contributed by atoms with E-state index in [0.29, 0.717) is 117 Å². The Morgan fingerprint density at radius 2 is 0.792 bits per heavy atom. The number of aromatic nitrogens is 12. The molecule has 8 aromatic heterocycles. The number of ether oxygens (including phenoxy) is 5. The number of rotatable bonds is 26. The van der Waals surface area contributed by atoms with E-state index in [1.54, 1.807) is 121 Å². The van der Waals surface area contributed by atoms with Crippen LogP contribution in [0.15, 0.2) is 257 Å². The summed E-state index contributed by atoms with van der Waals surface area (Å²) < 4.78 is 36.6. The third kappa shape index (κ3) is 20.1. The van der Waals surface area contributed by atoms with Gasteiger partial charge in [0.25, 0.3) is 5.56 Å². The molecule has 2 saturated heterocycles. The van der Waals surface area contributed by atoms with Gasteiger partial charge in [-0.15, -0.1) is 0 Å². The maximum atomic E-state index is 14.1. The molecule has 3 fully saturated rings. The quantitative estimate of drug-likeness (QED) is 0.0167. The number of aliphatic carboxylic acids is 1. The van der Waals surface area contributed by atoms with Crippen LogP contribution in [0.4, 0.5) is 0 Å². The number of carbonyl (C=O) groups excluding carboxylic acids is 3. The van der Waals surface area contributed by atoms with Crippen molar-refractivity contribution in [1.29, 1.82) is 0 Å². The van der Waals surface area contributed by atoms with Crippen LogP contribution in [0.25, 0.3) is 43.6 Å². The summed E-state index contributed by atoms with van der Waals surface area (Å²) >= 11 is 17.0. The van der Waals surface area contributed by atoms with Crippen LogP contribution in [-0.4, -0.2) is 162 Å². The van der Waals surface area contributed by atoms with Crippen LogP contribution < -0.4 is 24.5 Å². The highest BCUT2D eigenvalue weighted by molar-refractivity contribution is 7.72. The monoisotopic (exact) mass is 1670 g/mol. The number of likely N-dealkylation sites (tertiary alicyclic amines) is 2. The Morgan fingerprint density at radius 1 is 0.442 bits per heavy atom. The summed E-state index contributed by atoms with van der Waals surface area (Å²) in [6, 6.07) is 43.2. The molecule has 2 aliphatic heterocycles. The maximum Gasteiger partial charge on any atom is 0.334 e. The van der Waals surface area contributed by atoms with E-state index in [0.717, 1.165) is 102 Å². The molecule has 120 heavy (non-hydrogen) atoms. The van der Waals surface area contributed by atoms with Crippen LogP contribution in [0.5, 0.6) is 23.0 Å². The Bertz CT molecular complexity index is 6040. The highest BCUT2D eigenvalue weighted by Crippen LogP contribution is 2.37. The van der Waals surface area contributed by atoms with Crippen molar-refractivity contribution in [1.82, 2.24) is 68.9 Å². The highest BCUT2D eigenvalue weighted by atomic mass is 32.1. The number of aromatic amines is 4. The smallest absolute Gasteiger partial charge is 0.334 e. The summed E-state index contributed by atoms with van der Waals surface area (Å²) in [4.78, 5) is 70.0. The molecule has 10 heterocycles. The van der Waals surface area contributed by atoms with Gasteiger partial charge in [0, 0.05) is 51.0 Å². The van der Waals surface area contributed by atoms with Gasteiger partial charge in [0.2, 0.25) is 11.8 Å². The molecule has 3 aliphatic rings. The molecule has 4 atom stereocenters. The number of pyridine rings is 4. The minimum Gasteiger partial charge on any atom is -0.490 e. The third-order valence-corrected chi connectivity index (χ3v) is 22.6. The summed E-state index contributed by atoms with van der Waals surface area (Å²) in [5, 5.41) is 51.3. The van der Waals surface area contributed by atoms with Gasteiger partial charge in [0.05, 0.1) is 74.0 Å². The second kappa shape index (κ2) is 40.5. The predicted molar refractivity (Wildman–Crippen MR) is 468 cm³/mol. The van der Waals surface area contributed by atoms with Gasteiger partial charge >= 0.3 is 11.9 Å². The Labute approximate surface area is 707 Å². The molecule has 6 N–H and O–H groups in total. The molecule has 5 aromatic carbocycles. The summed E-state index contributed by atoms with van der Waals surface area (Å²) in [5.74, 6) is 1.08. The number of carboxylic acid groups (broad SMARTS) is 1. The number of fused-ring (bicyclic) bond motifs is 4. The molecular weight excluding hydrogens is 1580 g/mol. The molecule has 618 valence electrons. The first-order valence-electron chi connectivity index (χ1n) is 39.8. The summed E-state index contributed by atoms with van der Waals surface area (Å²) in [7, 11) is 0. The second-order valence-corrected chi connectivity index (χ2v) is 30.4. The number of aliphatic hydroxyl groups is 1. The van der Waals surface area contributed by atoms with Crippen molar-refractivity contribution in [3.63, 3.8) is 0 Å². The maximum absolute atomic E-state index is 14.1. The number of hydrogen-bond donors (Lipinski definition) is 6. The number of nitrogens with one attached hydrogen (secondary N) is 4. The number of esters is 1. The number of hydrogen-bond acceptors (Lipinski definition) is 18. The van der Waals surface area contributed by atoms with Gasteiger partial charge < -0.3 is 57.4 Å². The third-order valence-electron chi connectivity index (χ3n) is 21.3. The van der Waals surface area contributed by atoms with Gasteiger partial charge in [0.15, 0.2) is 12.1 Å². The minimum absolute atomic E-state index is 0.0664. The van der Waals surface area contributed by atoms with Crippen molar-refractivity contribution >= 4 is 104 Å². The van der Waals surface area contributed by atoms with Crippen molar-refractivity contribution in [3.05, 3.63) is 304 Å². The first-order chi connectivity index (χ1) is 58.5. The van der Waals surface area contributed by atoms with Gasteiger partial charge in [-0.05, 0) is 152 Å². The fourth-order valence-corrected chi connectivity index (χ4v) is 16.2. The molecule has 0 spiro atoms. The van der Waals surface area contributed by atoms with Crippen molar-refractivity contribution in [2.24, 2.45) is 0 Å². The summed E-state index contributed by atoms with van der Waals surface area (Å²) in [6.07, 6.45) is 30.3. The Kier molecular flexibility index (Phi) is 28.6. The standard InChI is InChI=1S/C28H28N4O3S.C23H26N4O2S.C23H25N3O4.C17H15N3O3S/c1-2-17-35-22-10-6-7-20(18-22)25(32-14-11-24-23(27(32)36)19-29-30-24)26(33)31-15-12-28(34,13-16-31)21-8-4-3-5-9-21;1-2-14-29-18-9-7-8-17(15-18)21(22(28)26-11-5-3-4-6-12-26)27-13-10-20-19(23(27)30)16-24-25-20;1-2-13-29-18-10-6-7-16(14-18)21(23(28)30-17-8-4-3-5-9-17)26-12-11-20-19(22(26)27)15-24-25-20;1-2-8-23-12-5-3-4-11(9-12)15(17(21)22)20-7-6-14-13(16(20)24)10-18-19-14/h2-11,14,18-19,25,34H,1,12-13,15-17H2,(H,29,30);2,7-10,13,15-16,21H,1,3-6,11-12,14H2,(H,24,25);2,6-7,10-12,14-15,17,21H,1,3-5,8-9,13H2,(H,24,25);2-7,9-10,15H,1,8H2,(H,18,19)(H,21,22). The van der Waals surface area contributed by atoms with Crippen LogP contribution in [-0.2, 0) is 29.5 Å². The van der Waals surface area contributed by atoms with Gasteiger partial charge in [-0.3, -0.25) is 39.3 Å². The number of carbonyl (C=O) groups is 4. The molecular formula is C91H94N14O12S3. The number of H-pyrrole nitrogens is 4. The number of carboxylic acids is 1. The average Bonchev–Trinajstić information content (AvgIpc) is 1.33. The zero-order chi connectivity index (χ0) is 84.1. The van der Waals surface area contributed by atoms with E-state index in [1.165, 1.54) is 23.6 Å². The van der Waals surface area contributed by atoms with Gasteiger partial charge in [-0.1, -0.05) is 185 Å². The van der Waals surface area contributed by atoms with E-state index in [2.05, 4.69) is 67.1 Å². The highest BCUT2D eigenvalue weighted by Gasteiger charge is 2.39. The van der Waals surface area contributed by atoms with E-state index in [-0.39, 0.29) is 23.5 Å². The van der Waals surface area contributed by atoms with Gasteiger partial charge in [-0.2, -0.15) is 20.4 Å². The van der Waals surface area contributed by atoms with Gasteiger partial charge in [0.1, 0.15) is 81.5 Å². The largest absolute Gasteiger partial charge is 0.490 e. The van der Waals surface area contributed by atoms with E-state index in [9.17, 15) is 34.2 Å². The van der Waals surface area contributed by atoms with Gasteiger partial charge in [-0.25, -0.2) is 9.59 Å². The van der Waals surface area contributed by atoms with Crippen molar-refractivity contribution < 1.29 is 53.1 Å². The number of nitrogens with zero attached hydrogens (tertiary/aromatic N) is 10. The van der Waals surface area contributed by atoms with E-state index >= 15 is 0 Å². The van der Waals surface area contributed by atoms with Crippen molar-refractivity contribution in [2.75, 3.05) is 52.6 Å². The molecule has 4 unspecified atom stereocenters. The van der Waals surface area contributed by atoms with Crippen molar-refractivity contribution in [2.45, 2.75) is 107 Å². The van der Waals surface area contributed by atoms with Crippen LogP contribution in [0.1, 0.15) is 123 Å². The molecule has 1 aliphatic carbocycles. The molecule has 2 amide bonds. The van der Waals surface area contributed by atoms with Crippen LogP contribution >= 0.6 is 36.7 Å². The Morgan fingerprint density at radius 3 is 1.19 bits per heavy atom. The second-order valence-electron chi connectivity index (χ2n) is 29.2. The minimum atomic E-state index is -1.00. The molecule has 0 radical (unpaired) electrons. The predicted octanol–water partition coefficient (Wildman–Crippen LogP) is 16.5. The Balaban J connectivity index is 0.000000140. The number of amides is 2. The topological polar surface area (TPSA) is 313 Å². The number of benzene rings is 5. The fraction of sp³-hybridized carbons (Fsp3) is 0.275. The zero-order valence-corrected chi connectivity index (χ0v) is 68.6. The molecule has 29 heteroatoms. The average molecular weight is 1670 g/mol. The SMILES string of the molecule is C=CCOc1cccc(C(C(=O)N2CCC(O)(c3ccccc3)CC2)n2ccc3[nH]ncc3c2=S)c1.C=CCOc1cccc(C(C(=O)N2CCCCCC2)n2ccc3[nH]ncc3c2=S)c1.C=CCOc1cccc(C(C(=O)O)n2ccc3[nH]ncc3c2=S)c1.C=CCOc1cccc(C(C(=O)OC2CCCCC2)n2ccc3[nH]ncc3c2=O)c1. The molecule has 16 rings (SSSR count). The lowest BCUT2D eigenvalue weighted by molar-refractivity contribution is -0.153. The van der Waals surface area contributed by atoms with Crippen molar-refractivity contribution in [3.8, 4) is 23.0 Å². The van der Waals surface area contributed by atoms with E-state index in [4.69, 9.17) is 60.3 Å². The normalized spacial score (nSPS) is 15.0. The summed E-state index contributed by atoms with van der Waals surface area (Å²) in [5.41, 5.74) is 5.52. The lowest BCUT2D eigenvalue weighted by atomic mass is 9.84. The molecule has 26 nitrogen and oxygen atoms in total. The lowest BCUT2D eigenvalue weighted by Crippen LogP contribution is -2.47.